The molecule has 1 aromatic carbocycles. The molecule has 2 bridgehead atoms. The molecule has 2 aliphatic rings. The van der Waals surface area contributed by atoms with Crippen LogP contribution >= 0.6 is 0 Å². The Morgan fingerprint density at radius 2 is 2.11 bits per heavy atom. The highest BCUT2D eigenvalue weighted by Crippen LogP contribution is 2.52. The van der Waals surface area contributed by atoms with Gasteiger partial charge in [0.05, 0.1) is 5.52 Å². The van der Waals surface area contributed by atoms with Crippen molar-refractivity contribution in [1.29, 1.82) is 0 Å². The second-order valence-corrected chi connectivity index (χ2v) is 6.32. The van der Waals surface area contributed by atoms with Gasteiger partial charge in [0.15, 0.2) is 0 Å². The molecule has 2 saturated carbocycles. The maximum atomic E-state index is 6.55. The highest BCUT2D eigenvalue weighted by atomic mass is 14.7. The van der Waals surface area contributed by atoms with Crippen molar-refractivity contribution < 1.29 is 0 Å². The van der Waals surface area contributed by atoms with Crippen molar-refractivity contribution in [3.05, 3.63) is 42.1 Å². The van der Waals surface area contributed by atoms with Crippen LogP contribution in [0.4, 0.5) is 0 Å². The van der Waals surface area contributed by atoms with Crippen LogP contribution in [0.25, 0.3) is 10.9 Å². The zero-order valence-electron chi connectivity index (χ0n) is 11.1. The van der Waals surface area contributed by atoms with E-state index in [0.29, 0.717) is 5.92 Å². The van der Waals surface area contributed by atoms with Crippen LogP contribution in [0.1, 0.15) is 37.3 Å². The van der Waals surface area contributed by atoms with Gasteiger partial charge in [-0.2, -0.15) is 0 Å². The smallest absolute Gasteiger partial charge is 0.0705 e. The minimum atomic E-state index is 0.196. The number of fused-ring (bicyclic) bond motifs is 3. The molecule has 0 spiro atoms. The number of pyridine rings is 1. The SMILES string of the molecule is NC(c1ccc2cccnc2c1)C1CC2CCC1C2. The van der Waals surface area contributed by atoms with E-state index in [9.17, 15) is 0 Å². The molecule has 98 valence electrons. The fraction of sp³-hybridized carbons (Fsp3) is 0.471. The van der Waals surface area contributed by atoms with Gasteiger partial charge in [-0.15, -0.1) is 0 Å². The monoisotopic (exact) mass is 252 g/mol. The maximum Gasteiger partial charge on any atom is 0.0705 e. The number of hydrogen-bond acceptors (Lipinski definition) is 2. The Bertz CT molecular complexity index is 607. The summed E-state index contributed by atoms with van der Waals surface area (Å²) in [6.45, 7) is 0. The van der Waals surface area contributed by atoms with Gasteiger partial charge < -0.3 is 5.73 Å². The Morgan fingerprint density at radius 1 is 1.16 bits per heavy atom. The number of nitrogens with two attached hydrogens (primary N) is 1. The Labute approximate surface area is 114 Å². The van der Waals surface area contributed by atoms with Crippen molar-refractivity contribution >= 4 is 10.9 Å². The Kier molecular flexibility index (Phi) is 2.59. The summed E-state index contributed by atoms with van der Waals surface area (Å²) in [5.74, 6) is 2.53. The quantitative estimate of drug-likeness (QED) is 0.885. The lowest BCUT2D eigenvalue weighted by molar-refractivity contribution is 0.284. The van der Waals surface area contributed by atoms with Gasteiger partial charge in [-0.1, -0.05) is 24.6 Å². The second kappa shape index (κ2) is 4.31. The van der Waals surface area contributed by atoms with E-state index >= 15 is 0 Å². The van der Waals surface area contributed by atoms with E-state index in [0.717, 1.165) is 17.4 Å². The molecule has 4 atom stereocenters. The van der Waals surface area contributed by atoms with Crippen LogP contribution in [0.3, 0.4) is 0 Å². The zero-order chi connectivity index (χ0) is 12.8. The molecule has 2 fully saturated rings. The highest BCUT2D eigenvalue weighted by Gasteiger charge is 2.42. The molecule has 0 aliphatic heterocycles. The van der Waals surface area contributed by atoms with Gasteiger partial charge in [0.1, 0.15) is 0 Å². The number of nitrogens with zero attached hydrogens (tertiary/aromatic N) is 1. The summed E-state index contributed by atoms with van der Waals surface area (Å²) in [5.41, 5.74) is 8.89. The fourth-order valence-corrected chi connectivity index (χ4v) is 4.27. The zero-order valence-corrected chi connectivity index (χ0v) is 11.1. The van der Waals surface area contributed by atoms with E-state index in [1.54, 1.807) is 0 Å². The van der Waals surface area contributed by atoms with Gasteiger partial charge >= 0.3 is 0 Å². The van der Waals surface area contributed by atoms with Gasteiger partial charge in [-0.25, -0.2) is 0 Å². The summed E-state index contributed by atoms with van der Waals surface area (Å²) in [6.07, 6.45) is 7.45. The normalized spacial score (nSPS) is 30.9. The minimum absolute atomic E-state index is 0.196. The van der Waals surface area contributed by atoms with Gasteiger partial charge in [-0.05, 0) is 54.7 Å². The molecule has 0 radical (unpaired) electrons. The average molecular weight is 252 g/mol. The standard InChI is InChI=1S/C17H20N2/c18-17(15-9-11-3-4-13(15)8-11)14-6-5-12-2-1-7-19-16(12)10-14/h1-2,5-7,10-11,13,15,17H,3-4,8-9,18H2. The third-order valence-electron chi connectivity index (χ3n) is 5.27. The lowest BCUT2D eigenvalue weighted by atomic mass is 9.81. The van der Waals surface area contributed by atoms with Crippen LogP contribution in [0.5, 0.6) is 0 Å². The Morgan fingerprint density at radius 3 is 2.89 bits per heavy atom. The molecule has 0 saturated heterocycles. The number of rotatable bonds is 2. The van der Waals surface area contributed by atoms with Crippen molar-refractivity contribution in [3.8, 4) is 0 Å². The molecule has 4 rings (SSSR count). The molecule has 0 amide bonds. The number of hydrogen-bond donors (Lipinski definition) is 1. The van der Waals surface area contributed by atoms with E-state index in [1.165, 1.54) is 36.6 Å². The van der Waals surface area contributed by atoms with Crippen molar-refractivity contribution in [1.82, 2.24) is 4.98 Å². The van der Waals surface area contributed by atoms with Gasteiger partial charge in [0.2, 0.25) is 0 Å². The fourth-order valence-electron chi connectivity index (χ4n) is 4.27. The van der Waals surface area contributed by atoms with Crippen LogP contribution in [-0.2, 0) is 0 Å². The van der Waals surface area contributed by atoms with Crippen molar-refractivity contribution in [2.24, 2.45) is 23.5 Å². The molecular weight excluding hydrogens is 232 g/mol. The van der Waals surface area contributed by atoms with Crippen molar-refractivity contribution in [2.45, 2.75) is 31.7 Å². The first-order valence-corrected chi connectivity index (χ1v) is 7.41. The molecular formula is C17H20N2. The summed E-state index contributed by atoms with van der Waals surface area (Å²) in [4.78, 5) is 4.44. The van der Waals surface area contributed by atoms with Crippen LogP contribution in [0, 0.1) is 17.8 Å². The third kappa shape index (κ3) is 1.86. The molecule has 2 N–H and O–H groups in total. The average Bonchev–Trinajstić information content (AvgIpc) is 3.08. The van der Waals surface area contributed by atoms with Gasteiger partial charge in [0, 0.05) is 17.6 Å². The molecule has 4 unspecified atom stereocenters. The highest BCUT2D eigenvalue weighted by molar-refractivity contribution is 5.79. The Balaban J connectivity index is 1.66. The molecule has 1 aromatic heterocycles. The number of benzene rings is 1. The van der Waals surface area contributed by atoms with Crippen molar-refractivity contribution in [3.63, 3.8) is 0 Å². The molecule has 1 heterocycles. The maximum absolute atomic E-state index is 6.55. The third-order valence-corrected chi connectivity index (χ3v) is 5.27. The van der Waals surface area contributed by atoms with E-state index in [1.807, 2.05) is 12.3 Å². The summed E-state index contributed by atoms with van der Waals surface area (Å²) < 4.78 is 0. The van der Waals surface area contributed by atoms with E-state index in [-0.39, 0.29) is 6.04 Å². The van der Waals surface area contributed by atoms with Gasteiger partial charge in [0.25, 0.3) is 0 Å². The Hall–Kier alpha value is -1.41. The first-order chi connectivity index (χ1) is 9.31. The molecule has 19 heavy (non-hydrogen) atoms. The predicted octanol–water partition coefficient (Wildman–Crippen LogP) is 3.67. The summed E-state index contributed by atoms with van der Waals surface area (Å²) in [5, 5.41) is 1.20. The summed E-state index contributed by atoms with van der Waals surface area (Å²) >= 11 is 0. The van der Waals surface area contributed by atoms with Crippen LogP contribution in [-0.4, -0.2) is 4.98 Å². The van der Waals surface area contributed by atoms with Crippen LogP contribution in [0.2, 0.25) is 0 Å². The predicted molar refractivity (Wildman–Crippen MR) is 77.6 cm³/mol. The topological polar surface area (TPSA) is 38.9 Å². The molecule has 2 nitrogen and oxygen atoms in total. The van der Waals surface area contributed by atoms with Gasteiger partial charge in [-0.3, -0.25) is 4.98 Å². The van der Waals surface area contributed by atoms with E-state index in [2.05, 4.69) is 29.2 Å². The molecule has 2 aromatic rings. The van der Waals surface area contributed by atoms with E-state index in [4.69, 9.17) is 5.73 Å². The summed E-state index contributed by atoms with van der Waals surface area (Å²) in [7, 11) is 0. The van der Waals surface area contributed by atoms with Crippen LogP contribution in [0.15, 0.2) is 36.5 Å². The largest absolute Gasteiger partial charge is 0.324 e. The summed E-state index contributed by atoms with van der Waals surface area (Å²) in [6, 6.07) is 10.8. The van der Waals surface area contributed by atoms with Crippen LogP contribution < -0.4 is 5.73 Å². The first-order valence-electron chi connectivity index (χ1n) is 7.41. The molecule has 2 heteroatoms. The lowest BCUT2D eigenvalue weighted by Gasteiger charge is -2.28. The van der Waals surface area contributed by atoms with Crippen molar-refractivity contribution in [2.75, 3.05) is 0 Å². The first kappa shape index (κ1) is 11.4. The second-order valence-electron chi connectivity index (χ2n) is 6.32. The minimum Gasteiger partial charge on any atom is -0.324 e. The van der Waals surface area contributed by atoms with E-state index < -0.39 is 0 Å². The number of aromatic nitrogens is 1. The molecule has 2 aliphatic carbocycles. The lowest BCUT2D eigenvalue weighted by Crippen LogP contribution is -2.25.